The minimum absolute atomic E-state index is 0.0218. The fraction of sp³-hybridized carbons (Fsp3) is 0.179. The summed E-state index contributed by atoms with van der Waals surface area (Å²) in [5.41, 5.74) is 2.23. The highest BCUT2D eigenvalue weighted by atomic mass is 79.9. The van der Waals surface area contributed by atoms with Crippen LogP contribution in [0.4, 0.5) is 5.69 Å². The smallest absolute Gasteiger partial charge is 0.338 e. The molecular formula is C28H22BrN3O6S2. The van der Waals surface area contributed by atoms with Crippen molar-refractivity contribution in [1.29, 1.82) is 0 Å². The van der Waals surface area contributed by atoms with Gasteiger partial charge in [0.25, 0.3) is 11.2 Å². The molecule has 0 saturated carbocycles. The number of nitro groups is 1. The lowest BCUT2D eigenvalue weighted by molar-refractivity contribution is -0.384. The molecule has 1 aliphatic rings. The summed E-state index contributed by atoms with van der Waals surface area (Å²) in [5, 5.41) is 12.8. The van der Waals surface area contributed by atoms with E-state index in [9.17, 15) is 19.7 Å². The van der Waals surface area contributed by atoms with E-state index in [1.807, 2.05) is 29.6 Å². The number of nitro benzene ring substituents is 1. The molecule has 0 fully saturated rings. The normalized spacial score (nSPS) is 15.0. The van der Waals surface area contributed by atoms with Crippen molar-refractivity contribution in [2.75, 3.05) is 6.61 Å². The van der Waals surface area contributed by atoms with Crippen molar-refractivity contribution in [1.82, 2.24) is 4.57 Å². The minimum Gasteiger partial charge on any atom is -0.488 e. The van der Waals surface area contributed by atoms with E-state index in [-0.39, 0.29) is 24.5 Å². The molecule has 12 heteroatoms. The zero-order chi connectivity index (χ0) is 28.4. The predicted molar refractivity (Wildman–Crippen MR) is 156 cm³/mol. The Balaban J connectivity index is 1.45. The van der Waals surface area contributed by atoms with Crippen LogP contribution in [0, 0.1) is 10.1 Å². The first kappa shape index (κ1) is 27.7. The summed E-state index contributed by atoms with van der Waals surface area (Å²) in [4.78, 5) is 42.9. The average Bonchev–Trinajstić information content (AvgIpc) is 3.56. The van der Waals surface area contributed by atoms with Crippen molar-refractivity contribution in [2.24, 2.45) is 4.99 Å². The van der Waals surface area contributed by atoms with Gasteiger partial charge in [0.1, 0.15) is 18.4 Å². The summed E-state index contributed by atoms with van der Waals surface area (Å²) >= 11 is 6.26. The van der Waals surface area contributed by atoms with E-state index in [2.05, 4.69) is 20.9 Å². The van der Waals surface area contributed by atoms with Crippen molar-refractivity contribution in [3.05, 3.63) is 122 Å². The molecule has 0 N–H and O–H groups in total. The number of carbonyl (C=O) groups is 1. The van der Waals surface area contributed by atoms with Crippen LogP contribution in [0.15, 0.2) is 85.5 Å². The molecule has 0 amide bonds. The number of thiazole rings is 1. The molecule has 3 heterocycles. The van der Waals surface area contributed by atoms with Gasteiger partial charge >= 0.3 is 5.97 Å². The lowest BCUT2D eigenvalue weighted by Gasteiger charge is -2.23. The number of esters is 1. The maximum absolute atomic E-state index is 13.7. The highest BCUT2D eigenvalue weighted by Crippen LogP contribution is 2.33. The number of aromatic nitrogens is 1. The molecule has 1 atom stereocenters. The van der Waals surface area contributed by atoms with E-state index in [0.29, 0.717) is 30.8 Å². The third-order valence-electron chi connectivity index (χ3n) is 6.12. The summed E-state index contributed by atoms with van der Waals surface area (Å²) < 4.78 is 13.9. The Kier molecular flexibility index (Phi) is 8.10. The monoisotopic (exact) mass is 639 g/mol. The number of hydrogen-bond acceptors (Lipinski definition) is 9. The van der Waals surface area contributed by atoms with Crippen LogP contribution < -0.4 is 19.6 Å². The predicted octanol–water partition coefficient (Wildman–Crippen LogP) is 5.11. The number of benzene rings is 2. The fourth-order valence-electron chi connectivity index (χ4n) is 4.26. The van der Waals surface area contributed by atoms with Gasteiger partial charge < -0.3 is 9.47 Å². The lowest BCUT2D eigenvalue weighted by Crippen LogP contribution is -2.39. The minimum atomic E-state index is -0.612. The van der Waals surface area contributed by atoms with E-state index in [0.717, 1.165) is 16.0 Å². The zero-order valence-electron chi connectivity index (χ0n) is 21.3. The van der Waals surface area contributed by atoms with Gasteiger partial charge in [-0.3, -0.25) is 19.5 Å². The SMILES string of the molecule is CCOC(=O)C1=C(C)N=c2s/c(=C\c3ccc(OCc4ccc([N+](=O)[O-])cc4)c(Br)c3)c(=O)n2[C@H]1c1cccs1. The van der Waals surface area contributed by atoms with E-state index in [1.54, 1.807) is 42.7 Å². The van der Waals surface area contributed by atoms with Crippen LogP contribution in [0.1, 0.15) is 35.9 Å². The molecule has 0 aliphatic carbocycles. The quantitative estimate of drug-likeness (QED) is 0.150. The molecule has 0 radical (unpaired) electrons. The van der Waals surface area contributed by atoms with Crippen LogP contribution in [0.25, 0.3) is 6.08 Å². The van der Waals surface area contributed by atoms with Gasteiger partial charge in [-0.2, -0.15) is 0 Å². The third kappa shape index (κ3) is 5.55. The number of nitrogens with zero attached hydrogens (tertiary/aromatic N) is 3. The average molecular weight is 641 g/mol. The lowest BCUT2D eigenvalue weighted by atomic mass is 10.0. The van der Waals surface area contributed by atoms with Crippen molar-refractivity contribution >= 4 is 56.3 Å². The van der Waals surface area contributed by atoms with Gasteiger partial charge in [0, 0.05) is 17.0 Å². The van der Waals surface area contributed by atoms with Crippen molar-refractivity contribution in [2.45, 2.75) is 26.5 Å². The molecule has 0 unspecified atom stereocenters. The molecule has 2 aromatic heterocycles. The Morgan fingerprint density at radius 1 is 1.23 bits per heavy atom. The molecule has 4 aromatic rings. The molecule has 5 rings (SSSR count). The Morgan fingerprint density at radius 2 is 2.00 bits per heavy atom. The Morgan fingerprint density at radius 3 is 2.65 bits per heavy atom. The number of ether oxygens (including phenoxy) is 2. The summed E-state index contributed by atoms with van der Waals surface area (Å²) in [5.74, 6) is 0.106. The van der Waals surface area contributed by atoms with Crippen LogP contribution in [-0.4, -0.2) is 22.1 Å². The number of allylic oxidation sites excluding steroid dienone is 1. The first-order valence-electron chi connectivity index (χ1n) is 12.2. The Hall–Kier alpha value is -3.87. The summed E-state index contributed by atoms with van der Waals surface area (Å²) in [7, 11) is 0. The van der Waals surface area contributed by atoms with E-state index >= 15 is 0 Å². The van der Waals surface area contributed by atoms with Crippen LogP contribution in [0.3, 0.4) is 0 Å². The number of rotatable bonds is 8. The van der Waals surface area contributed by atoms with Crippen LogP contribution in [0.2, 0.25) is 0 Å². The second-order valence-corrected chi connectivity index (χ2v) is 11.6. The third-order valence-corrected chi connectivity index (χ3v) is 8.65. The van der Waals surface area contributed by atoms with Gasteiger partial charge in [-0.1, -0.05) is 23.5 Å². The number of non-ortho nitro benzene ring substituents is 1. The van der Waals surface area contributed by atoms with Gasteiger partial charge in [-0.15, -0.1) is 11.3 Å². The topological polar surface area (TPSA) is 113 Å². The number of thiophene rings is 1. The van der Waals surface area contributed by atoms with E-state index in [4.69, 9.17) is 9.47 Å². The second-order valence-electron chi connectivity index (χ2n) is 8.72. The van der Waals surface area contributed by atoms with Crippen LogP contribution in [-0.2, 0) is 16.1 Å². The van der Waals surface area contributed by atoms with Gasteiger partial charge in [0.15, 0.2) is 4.80 Å². The number of hydrogen-bond donors (Lipinski definition) is 0. The molecule has 0 bridgehead atoms. The maximum Gasteiger partial charge on any atom is 0.338 e. The number of carbonyl (C=O) groups excluding carboxylic acids is 1. The molecule has 9 nitrogen and oxygen atoms in total. The van der Waals surface area contributed by atoms with E-state index < -0.39 is 16.9 Å². The van der Waals surface area contributed by atoms with E-state index in [1.165, 1.54) is 34.8 Å². The fourth-order valence-corrected chi connectivity index (χ4v) is 6.64. The molecule has 0 saturated heterocycles. The summed E-state index contributed by atoms with van der Waals surface area (Å²) in [6.45, 7) is 3.96. The number of fused-ring (bicyclic) bond motifs is 1. The van der Waals surface area contributed by atoms with Crippen LogP contribution in [0.5, 0.6) is 5.75 Å². The van der Waals surface area contributed by atoms with Crippen molar-refractivity contribution in [3.63, 3.8) is 0 Å². The molecule has 40 heavy (non-hydrogen) atoms. The molecule has 1 aliphatic heterocycles. The Labute approximate surface area is 244 Å². The highest BCUT2D eigenvalue weighted by molar-refractivity contribution is 9.10. The first-order chi connectivity index (χ1) is 19.3. The van der Waals surface area contributed by atoms with Crippen LogP contribution >= 0.6 is 38.6 Å². The van der Waals surface area contributed by atoms with Crippen molar-refractivity contribution < 1.29 is 19.2 Å². The van der Waals surface area contributed by atoms with Gasteiger partial charge in [-0.05, 0) is 82.7 Å². The Bertz CT molecular complexity index is 1810. The summed E-state index contributed by atoms with van der Waals surface area (Å²) in [6.07, 6.45) is 1.78. The highest BCUT2D eigenvalue weighted by Gasteiger charge is 2.33. The largest absolute Gasteiger partial charge is 0.488 e. The molecule has 0 spiro atoms. The second kappa shape index (κ2) is 11.7. The molecule has 204 valence electrons. The maximum atomic E-state index is 13.7. The summed E-state index contributed by atoms with van der Waals surface area (Å²) in [6, 6.07) is 14.8. The first-order valence-corrected chi connectivity index (χ1v) is 14.6. The van der Waals surface area contributed by atoms with Gasteiger partial charge in [0.2, 0.25) is 0 Å². The van der Waals surface area contributed by atoms with Gasteiger partial charge in [-0.25, -0.2) is 9.79 Å². The number of halogens is 1. The molecular weight excluding hydrogens is 618 g/mol. The molecule has 2 aromatic carbocycles. The standard InChI is InChI=1S/C28H22BrN3O6S2/c1-3-37-27(34)24-16(2)30-28-31(25(24)22-5-4-12-39-22)26(33)23(40-28)14-18-8-11-21(20(29)13-18)38-15-17-6-9-19(10-7-17)32(35)36/h4-14,25H,3,15H2,1-2H3/b23-14-/t25-/m0/s1. The zero-order valence-corrected chi connectivity index (χ0v) is 24.5. The van der Waals surface area contributed by atoms with Gasteiger partial charge in [0.05, 0.1) is 31.8 Å². The van der Waals surface area contributed by atoms with Crippen molar-refractivity contribution in [3.8, 4) is 5.75 Å².